The number of hydrogen-bond donors (Lipinski definition) is 2. The molecule has 4 aromatic rings. The molecule has 1 saturated heterocycles. The van der Waals surface area contributed by atoms with Gasteiger partial charge in [0.2, 0.25) is 5.91 Å². The van der Waals surface area contributed by atoms with Crippen molar-refractivity contribution in [3.63, 3.8) is 0 Å². The molecule has 5 rings (SSSR count). The van der Waals surface area contributed by atoms with E-state index in [0.717, 1.165) is 22.6 Å². The fraction of sp³-hybridized carbons (Fsp3) is 0.179. The second kappa shape index (κ2) is 10.3. The SMILES string of the molecule is Cc1cccc(NC(=O)CCN2C(=S)N[C@H](c3ccccn3)[C@@H]2c2cccn2-c2ccccc2F)c1. The number of hydrogen-bond acceptors (Lipinski definition) is 3. The summed E-state index contributed by atoms with van der Waals surface area (Å²) in [5.41, 5.74) is 3.95. The van der Waals surface area contributed by atoms with Crippen molar-refractivity contribution in [2.24, 2.45) is 0 Å². The van der Waals surface area contributed by atoms with Gasteiger partial charge in [-0.3, -0.25) is 9.78 Å². The monoisotopic (exact) mass is 499 g/mol. The van der Waals surface area contributed by atoms with Crippen molar-refractivity contribution >= 4 is 28.9 Å². The molecule has 0 bridgehead atoms. The summed E-state index contributed by atoms with van der Waals surface area (Å²) < 4.78 is 16.6. The largest absolute Gasteiger partial charge is 0.352 e. The molecule has 182 valence electrons. The maximum absolute atomic E-state index is 14.8. The van der Waals surface area contributed by atoms with E-state index in [0.29, 0.717) is 17.3 Å². The first-order valence-electron chi connectivity index (χ1n) is 11.8. The highest BCUT2D eigenvalue weighted by Gasteiger charge is 2.41. The van der Waals surface area contributed by atoms with Crippen LogP contribution < -0.4 is 10.6 Å². The molecule has 36 heavy (non-hydrogen) atoms. The Bertz CT molecular complexity index is 1390. The third kappa shape index (κ3) is 4.85. The average Bonchev–Trinajstić information content (AvgIpc) is 3.47. The lowest BCUT2D eigenvalue weighted by molar-refractivity contribution is -0.116. The lowest BCUT2D eigenvalue weighted by Crippen LogP contribution is -2.33. The summed E-state index contributed by atoms with van der Waals surface area (Å²) in [7, 11) is 0. The van der Waals surface area contributed by atoms with E-state index in [1.165, 1.54) is 6.07 Å². The summed E-state index contributed by atoms with van der Waals surface area (Å²) >= 11 is 5.73. The van der Waals surface area contributed by atoms with E-state index in [4.69, 9.17) is 12.2 Å². The first-order valence-corrected chi connectivity index (χ1v) is 12.2. The number of anilines is 1. The van der Waals surface area contributed by atoms with Crippen molar-refractivity contribution in [2.45, 2.75) is 25.4 Å². The molecule has 1 aliphatic heterocycles. The number of para-hydroxylation sites is 1. The van der Waals surface area contributed by atoms with E-state index in [-0.39, 0.29) is 30.2 Å². The highest BCUT2D eigenvalue weighted by atomic mass is 32.1. The molecule has 2 N–H and O–H groups in total. The Morgan fingerprint density at radius 2 is 1.92 bits per heavy atom. The molecule has 1 fully saturated rings. The van der Waals surface area contributed by atoms with Gasteiger partial charge in [0.15, 0.2) is 5.11 Å². The summed E-state index contributed by atoms with van der Waals surface area (Å²) in [6.45, 7) is 2.37. The zero-order valence-electron chi connectivity index (χ0n) is 19.8. The zero-order valence-corrected chi connectivity index (χ0v) is 20.6. The number of aryl methyl sites for hydroxylation is 1. The predicted molar refractivity (Wildman–Crippen MR) is 142 cm³/mol. The van der Waals surface area contributed by atoms with Gasteiger partial charge < -0.3 is 20.1 Å². The molecule has 0 unspecified atom stereocenters. The number of aromatic nitrogens is 2. The van der Waals surface area contributed by atoms with E-state index < -0.39 is 0 Å². The topological polar surface area (TPSA) is 62.2 Å². The van der Waals surface area contributed by atoms with Crippen LogP contribution in [-0.4, -0.2) is 32.0 Å². The molecule has 2 aromatic carbocycles. The highest BCUT2D eigenvalue weighted by molar-refractivity contribution is 7.80. The fourth-order valence-corrected chi connectivity index (χ4v) is 4.97. The number of amides is 1. The number of rotatable bonds is 7. The number of carbonyl (C=O) groups is 1. The quantitative estimate of drug-likeness (QED) is 0.337. The van der Waals surface area contributed by atoms with Crippen molar-refractivity contribution < 1.29 is 9.18 Å². The zero-order chi connectivity index (χ0) is 25.1. The number of carbonyl (C=O) groups excluding carboxylic acids is 1. The maximum atomic E-state index is 14.8. The van der Waals surface area contributed by atoms with Gasteiger partial charge in [-0.1, -0.05) is 30.3 Å². The van der Waals surface area contributed by atoms with Gasteiger partial charge in [-0.05, 0) is 73.2 Å². The Balaban J connectivity index is 1.45. The normalized spacial score (nSPS) is 17.2. The number of pyridine rings is 1. The average molecular weight is 500 g/mol. The van der Waals surface area contributed by atoms with Crippen LogP contribution in [0.15, 0.2) is 91.3 Å². The van der Waals surface area contributed by atoms with Crippen LogP contribution in [-0.2, 0) is 4.79 Å². The Kier molecular flexibility index (Phi) is 6.77. The molecule has 3 heterocycles. The molecule has 8 heteroatoms. The Morgan fingerprint density at radius 1 is 1.08 bits per heavy atom. The minimum Gasteiger partial charge on any atom is -0.352 e. The second-order valence-electron chi connectivity index (χ2n) is 8.74. The molecule has 0 saturated carbocycles. The number of nitrogens with zero attached hydrogens (tertiary/aromatic N) is 3. The summed E-state index contributed by atoms with van der Waals surface area (Å²) in [5, 5.41) is 6.88. The summed E-state index contributed by atoms with van der Waals surface area (Å²) in [6.07, 6.45) is 3.82. The summed E-state index contributed by atoms with van der Waals surface area (Å²) in [4.78, 5) is 19.4. The Morgan fingerprint density at radius 3 is 2.69 bits per heavy atom. The van der Waals surface area contributed by atoms with Crippen LogP contribution in [0.1, 0.15) is 35.5 Å². The van der Waals surface area contributed by atoms with Gasteiger partial charge in [-0.15, -0.1) is 0 Å². The van der Waals surface area contributed by atoms with Gasteiger partial charge in [0.25, 0.3) is 0 Å². The number of halogens is 1. The summed E-state index contributed by atoms with van der Waals surface area (Å²) in [5.74, 6) is -0.421. The Labute approximate surface area is 214 Å². The van der Waals surface area contributed by atoms with E-state index in [1.807, 2.05) is 83.3 Å². The maximum Gasteiger partial charge on any atom is 0.226 e. The van der Waals surface area contributed by atoms with Crippen LogP contribution in [0.25, 0.3) is 5.69 Å². The molecule has 0 spiro atoms. The first kappa shape index (κ1) is 23.7. The van der Waals surface area contributed by atoms with E-state index in [9.17, 15) is 9.18 Å². The smallest absolute Gasteiger partial charge is 0.226 e. The molecule has 0 radical (unpaired) electrons. The number of thiocarbonyl (C=S) groups is 1. The van der Waals surface area contributed by atoms with Crippen molar-refractivity contribution in [1.29, 1.82) is 0 Å². The lowest BCUT2D eigenvalue weighted by atomic mass is 10.0. The Hall–Kier alpha value is -4.04. The van der Waals surface area contributed by atoms with Crippen LogP contribution in [0.2, 0.25) is 0 Å². The van der Waals surface area contributed by atoms with Crippen LogP contribution >= 0.6 is 12.2 Å². The lowest BCUT2D eigenvalue weighted by Gasteiger charge is -2.29. The van der Waals surface area contributed by atoms with Crippen molar-refractivity contribution in [3.05, 3.63) is 114 Å². The fourth-order valence-electron chi connectivity index (χ4n) is 4.64. The van der Waals surface area contributed by atoms with Crippen LogP contribution in [0.4, 0.5) is 10.1 Å². The van der Waals surface area contributed by atoms with Crippen molar-refractivity contribution in [1.82, 2.24) is 19.8 Å². The third-order valence-electron chi connectivity index (χ3n) is 6.27. The molecule has 6 nitrogen and oxygen atoms in total. The minimum atomic E-state index is -0.318. The van der Waals surface area contributed by atoms with Gasteiger partial charge in [0, 0.05) is 36.7 Å². The van der Waals surface area contributed by atoms with Crippen molar-refractivity contribution in [3.8, 4) is 5.69 Å². The van der Waals surface area contributed by atoms with Gasteiger partial charge in [-0.25, -0.2) is 4.39 Å². The van der Waals surface area contributed by atoms with Crippen LogP contribution in [0, 0.1) is 12.7 Å². The van der Waals surface area contributed by atoms with E-state index in [2.05, 4.69) is 15.6 Å². The number of nitrogens with one attached hydrogen (secondary N) is 2. The number of benzene rings is 2. The van der Waals surface area contributed by atoms with Crippen LogP contribution in [0.3, 0.4) is 0 Å². The van der Waals surface area contributed by atoms with Gasteiger partial charge in [0.05, 0.1) is 23.5 Å². The molecule has 2 atom stereocenters. The minimum absolute atomic E-state index is 0.104. The molecule has 1 amide bonds. The summed E-state index contributed by atoms with van der Waals surface area (Å²) in [6, 6.07) is 23.4. The molecular formula is C28H26FN5OS. The molecule has 0 aliphatic carbocycles. The standard InChI is InChI=1S/C28H26FN5OS/c1-19-8-6-9-20(18-19)31-25(35)14-17-34-27(26(32-28(34)36)22-11-4-5-15-30-22)24-13-7-16-33(24)23-12-3-2-10-21(23)29/h2-13,15-16,18,26-27H,14,17H2,1H3,(H,31,35)(H,32,36)/t26-,27+/m1/s1. The molecular weight excluding hydrogens is 473 g/mol. The molecule has 1 aliphatic rings. The third-order valence-corrected chi connectivity index (χ3v) is 6.63. The highest BCUT2D eigenvalue weighted by Crippen LogP contribution is 2.39. The van der Waals surface area contributed by atoms with Crippen molar-refractivity contribution in [2.75, 3.05) is 11.9 Å². The van der Waals surface area contributed by atoms with E-state index >= 15 is 0 Å². The van der Waals surface area contributed by atoms with Gasteiger partial charge in [-0.2, -0.15) is 0 Å². The molecule has 2 aromatic heterocycles. The van der Waals surface area contributed by atoms with Gasteiger partial charge >= 0.3 is 0 Å². The van der Waals surface area contributed by atoms with Crippen LogP contribution in [0.5, 0.6) is 0 Å². The van der Waals surface area contributed by atoms with Gasteiger partial charge in [0.1, 0.15) is 5.82 Å². The van der Waals surface area contributed by atoms with E-state index in [1.54, 1.807) is 18.3 Å². The second-order valence-corrected chi connectivity index (χ2v) is 9.13. The first-order chi connectivity index (χ1) is 17.5. The predicted octanol–water partition coefficient (Wildman–Crippen LogP) is 5.32.